The van der Waals surface area contributed by atoms with Crippen molar-refractivity contribution in [2.75, 3.05) is 13.6 Å². The highest BCUT2D eigenvalue weighted by molar-refractivity contribution is 7.09. The monoisotopic (exact) mass is 332 g/mol. The molecule has 0 aliphatic heterocycles. The number of hydrogen-bond acceptors (Lipinski definition) is 5. The van der Waals surface area contributed by atoms with Gasteiger partial charge in [-0.15, -0.1) is 11.3 Å². The molecule has 0 saturated carbocycles. The van der Waals surface area contributed by atoms with E-state index in [1.165, 1.54) is 0 Å². The molecule has 0 atom stereocenters. The van der Waals surface area contributed by atoms with Crippen LogP contribution < -0.4 is 5.32 Å². The van der Waals surface area contributed by atoms with E-state index in [0.29, 0.717) is 19.6 Å². The number of pyridine rings is 1. The van der Waals surface area contributed by atoms with Crippen LogP contribution in [0.1, 0.15) is 37.0 Å². The first-order chi connectivity index (χ1) is 10.8. The van der Waals surface area contributed by atoms with Crippen LogP contribution in [0.3, 0.4) is 0 Å². The number of aromatic nitrogens is 2. The van der Waals surface area contributed by atoms with Gasteiger partial charge in [0.2, 0.25) is 5.91 Å². The first-order valence-electron chi connectivity index (χ1n) is 7.63. The molecular weight excluding hydrogens is 308 g/mol. The summed E-state index contributed by atoms with van der Waals surface area (Å²) < 4.78 is 0. The Morgan fingerprint density at radius 3 is 2.78 bits per heavy atom. The smallest absolute Gasteiger partial charge is 0.234 e. The van der Waals surface area contributed by atoms with E-state index >= 15 is 0 Å². The van der Waals surface area contributed by atoms with Gasteiger partial charge in [0.15, 0.2) is 0 Å². The highest BCUT2D eigenvalue weighted by Crippen LogP contribution is 2.23. The number of thiazole rings is 1. The Hall–Kier alpha value is -1.79. The largest absolute Gasteiger partial charge is 0.348 e. The molecule has 0 radical (unpaired) electrons. The lowest BCUT2D eigenvalue weighted by atomic mass is 9.93. The maximum atomic E-state index is 12.0. The molecule has 2 aromatic heterocycles. The fourth-order valence-corrected chi connectivity index (χ4v) is 3.03. The summed E-state index contributed by atoms with van der Waals surface area (Å²) in [7, 11) is 1.92. The van der Waals surface area contributed by atoms with Crippen LogP contribution in [0.5, 0.6) is 0 Å². The van der Waals surface area contributed by atoms with E-state index in [9.17, 15) is 4.79 Å². The average molecular weight is 332 g/mol. The molecule has 1 N–H and O–H groups in total. The summed E-state index contributed by atoms with van der Waals surface area (Å²) in [6, 6.07) is 3.91. The normalized spacial score (nSPS) is 11.7. The fraction of sp³-hybridized carbons (Fsp3) is 0.471. The second-order valence-electron chi connectivity index (χ2n) is 6.69. The topological polar surface area (TPSA) is 58.1 Å². The highest BCUT2D eigenvalue weighted by atomic mass is 32.1. The number of carbonyl (C=O) groups is 1. The zero-order valence-electron chi connectivity index (χ0n) is 14.2. The first-order valence-corrected chi connectivity index (χ1v) is 8.51. The molecule has 0 aliphatic carbocycles. The molecule has 0 fully saturated rings. The Labute approximate surface area is 141 Å². The predicted molar refractivity (Wildman–Crippen MR) is 93.2 cm³/mol. The average Bonchev–Trinajstić information content (AvgIpc) is 2.95. The van der Waals surface area contributed by atoms with E-state index in [1.807, 2.05) is 30.3 Å². The third kappa shape index (κ3) is 5.73. The van der Waals surface area contributed by atoms with Crippen molar-refractivity contribution in [3.63, 3.8) is 0 Å². The van der Waals surface area contributed by atoms with Crippen LogP contribution in [0.15, 0.2) is 29.9 Å². The molecule has 124 valence electrons. The van der Waals surface area contributed by atoms with Gasteiger partial charge in [-0.25, -0.2) is 4.98 Å². The van der Waals surface area contributed by atoms with Crippen molar-refractivity contribution in [3.8, 4) is 0 Å². The molecule has 6 heteroatoms. The van der Waals surface area contributed by atoms with Gasteiger partial charge in [0, 0.05) is 29.7 Å². The Balaban J connectivity index is 1.77. The van der Waals surface area contributed by atoms with Crippen molar-refractivity contribution >= 4 is 17.2 Å². The van der Waals surface area contributed by atoms with Crippen LogP contribution in [0.2, 0.25) is 0 Å². The molecule has 0 spiro atoms. The Morgan fingerprint density at radius 2 is 2.17 bits per heavy atom. The van der Waals surface area contributed by atoms with Crippen LogP contribution >= 0.6 is 11.3 Å². The van der Waals surface area contributed by atoms with E-state index in [-0.39, 0.29) is 11.3 Å². The van der Waals surface area contributed by atoms with E-state index in [2.05, 4.69) is 41.4 Å². The van der Waals surface area contributed by atoms with Gasteiger partial charge >= 0.3 is 0 Å². The van der Waals surface area contributed by atoms with Gasteiger partial charge < -0.3 is 5.32 Å². The summed E-state index contributed by atoms with van der Waals surface area (Å²) in [6.45, 7) is 7.95. The summed E-state index contributed by atoms with van der Waals surface area (Å²) in [5.41, 5.74) is 2.21. The van der Waals surface area contributed by atoms with E-state index in [0.717, 1.165) is 16.3 Å². The van der Waals surface area contributed by atoms with Crippen molar-refractivity contribution in [1.29, 1.82) is 0 Å². The van der Waals surface area contributed by atoms with Crippen molar-refractivity contribution in [2.24, 2.45) is 0 Å². The molecule has 0 aromatic carbocycles. The maximum Gasteiger partial charge on any atom is 0.234 e. The molecule has 0 aliphatic rings. The third-order valence-corrected chi connectivity index (χ3v) is 4.19. The maximum absolute atomic E-state index is 12.0. The molecule has 2 aromatic rings. The van der Waals surface area contributed by atoms with Gasteiger partial charge in [-0.05, 0) is 18.7 Å². The van der Waals surface area contributed by atoms with Gasteiger partial charge in [0.1, 0.15) is 5.01 Å². The summed E-state index contributed by atoms with van der Waals surface area (Å²) in [5.74, 6) is 0.00361. The number of amides is 1. The van der Waals surface area contributed by atoms with E-state index in [1.54, 1.807) is 17.5 Å². The molecular formula is C17H24N4OS. The summed E-state index contributed by atoms with van der Waals surface area (Å²) >= 11 is 1.59. The highest BCUT2D eigenvalue weighted by Gasteiger charge is 2.17. The van der Waals surface area contributed by atoms with Gasteiger partial charge in [-0.1, -0.05) is 26.8 Å². The van der Waals surface area contributed by atoms with Gasteiger partial charge in [0.05, 0.1) is 18.8 Å². The minimum absolute atomic E-state index is 0.00361. The summed E-state index contributed by atoms with van der Waals surface area (Å²) in [6.07, 6.45) is 3.56. The third-order valence-electron chi connectivity index (χ3n) is 3.35. The van der Waals surface area contributed by atoms with Crippen LogP contribution in [0.4, 0.5) is 0 Å². The summed E-state index contributed by atoms with van der Waals surface area (Å²) in [4.78, 5) is 22.7. The fourth-order valence-electron chi connectivity index (χ4n) is 2.07. The number of likely N-dealkylation sites (N-methyl/N-ethyl adjacent to an activating group) is 1. The molecule has 0 bridgehead atoms. The number of carbonyl (C=O) groups excluding carboxylic acids is 1. The molecule has 5 nitrogen and oxygen atoms in total. The van der Waals surface area contributed by atoms with Gasteiger partial charge in [-0.3, -0.25) is 14.7 Å². The zero-order chi connectivity index (χ0) is 16.9. The molecule has 0 saturated heterocycles. The minimum Gasteiger partial charge on any atom is -0.348 e. The lowest BCUT2D eigenvalue weighted by Crippen LogP contribution is -2.34. The van der Waals surface area contributed by atoms with Gasteiger partial charge in [-0.2, -0.15) is 0 Å². The standard InChI is InChI=1S/C17H24N4OS/c1-17(2,3)14-12-23-16(20-14)9-19-15(22)11-21(4)10-13-6-5-7-18-8-13/h5-8,12H,9-11H2,1-4H3,(H,19,22). The van der Waals surface area contributed by atoms with Gasteiger partial charge in [0.25, 0.3) is 0 Å². The van der Waals surface area contributed by atoms with Crippen molar-refractivity contribution < 1.29 is 4.79 Å². The number of rotatable bonds is 6. The molecule has 2 rings (SSSR count). The SMILES string of the molecule is CN(CC(=O)NCc1nc(C(C)(C)C)cs1)Cc1cccnc1. The number of nitrogens with one attached hydrogen (secondary N) is 1. The Bertz CT molecular complexity index is 634. The number of hydrogen-bond donors (Lipinski definition) is 1. The lowest BCUT2D eigenvalue weighted by molar-refractivity contribution is -0.122. The quantitative estimate of drug-likeness (QED) is 0.883. The van der Waals surface area contributed by atoms with Crippen LogP contribution in [0, 0.1) is 0 Å². The van der Waals surface area contributed by atoms with Crippen molar-refractivity contribution in [1.82, 2.24) is 20.2 Å². The number of nitrogens with zero attached hydrogens (tertiary/aromatic N) is 3. The van der Waals surface area contributed by atoms with Crippen LogP contribution in [0.25, 0.3) is 0 Å². The molecule has 0 unspecified atom stereocenters. The zero-order valence-corrected chi connectivity index (χ0v) is 15.0. The Morgan fingerprint density at radius 1 is 1.39 bits per heavy atom. The van der Waals surface area contributed by atoms with Crippen LogP contribution in [-0.4, -0.2) is 34.4 Å². The van der Waals surface area contributed by atoms with Crippen molar-refractivity contribution in [2.45, 2.75) is 39.3 Å². The molecule has 2 heterocycles. The Kier molecular flexibility index (Phi) is 5.85. The van der Waals surface area contributed by atoms with E-state index < -0.39 is 0 Å². The second-order valence-corrected chi connectivity index (χ2v) is 7.63. The predicted octanol–water partition coefficient (Wildman–Crippen LogP) is 2.58. The summed E-state index contributed by atoms with van der Waals surface area (Å²) in [5, 5.41) is 5.94. The van der Waals surface area contributed by atoms with Crippen molar-refractivity contribution in [3.05, 3.63) is 46.2 Å². The minimum atomic E-state index is 0.00361. The first kappa shape index (κ1) is 17.6. The molecule has 23 heavy (non-hydrogen) atoms. The lowest BCUT2D eigenvalue weighted by Gasteiger charge is -2.16. The van der Waals surface area contributed by atoms with E-state index in [4.69, 9.17) is 0 Å². The molecule has 1 amide bonds. The second kappa shape index (κ2) is 7.66. The van der Waals surface area contributed by atoms with Crippen LogP contribution in [-0.2, 0) is 23.3 Å².